The maximum Gasteiger partial charge on any atom is 0.234 e. The lowest BCUT2D eigenvalue weighted by Crippen LogP contribution is -2.19. The molecule has 2 bridgehead atoms. The van der Waals surface area contributed by atoms with Crippen LogP contribution >= 0.6 is 11.8 Å². The highest BCUT2D eigenvalue weighted by molar-refractivity contribution is 7.99. The highest BCUT2D eigenvalue weighted by Crippen LogP contribution is 2.50. The number of amides is 1. The third-order valence-electron chi connectivity index (χ3n) is 5.73. The van der Waals surface area contributed by atoms with E-state index >= 15 is 0 Å². The molecule has 2 saturated carbocycles. The number of benzene rings is 1. The van der Waals surface area contributed by atoms with Crippen molar-refractivity contribution in [2.24, 2.45) is 11.8 Å². The molecule has 3 aromatic rings. The summed E-state index contributed by atoms with van der Waals surface area (Å²) in [4.78, 5) is 16.8. The van der Waals surface area contributed by atoms with Gasteiger partial charge >= 0.3 is 0 Å². The van der Waals surface area contributed by atoms with Gasteiger partial charge in [0.1, 0.15) is 0 Å². The van der Waals surface area contributed by atoms with Crippen molar-refractivity contribution in [1.82, 2.24) is 25.2 Å². The number of hydrogen-bond donors (Lipinski definition) is 1. The number of pyridine rings is 1. The number of carbonyl (C=O) groups is 1. The lowest BCUT2D eigenvalue weighted by atomic mass is 9.96. The van der Waals surface area contributed by atoms with Gasteiger partial charge in [0.25, 0.3) is 0 Å². The smallest absolute Gasteiger partial charge is 0.234 e. The molecule has 2 aliphatic carbocycles. The zero-order chi connectivity index (χ0) is 18.2. The SMILES string of the molecule is O=C(CSc1nnnn1[C@@H]1C[C@@H]2CC[C@@H]1C2)Nc1ccnc2ccccc12. The minimum Gasteiger partial charge on any atom is -0.325 e. The van der Waals surface area contributed by atoms with E-state index in [0.717, 1.165) is 27.7 Å². The van der Waals surface area contributed by atoms with E-state index in [1.165, 1.54) is 37.4 Å². The van der Waals surface area contributed by atoms with Crippen molar-refractivity contribution in [3.63, 3.8) is 0 Å². The first kappa shape index (κ1) is 16.7. The number of thioether (sulfide) groups is 1. The normalized spacial score (nSPS) is 23.8. The number of nitrogens with zero attached hydrogens (tertiary/aromatic N) is 5. The Morgan fingerprint density at radius 3 is 3.00 bits per heavy atom. The second-order valence-electron chi connectivity index (χ2n) is 7.36. The Bertz CT molecular complexity index is 984. The Morgan fingerprint density at radius 1 is 1.22 bits per heavy atom. The molecule has 1 amide bonds. The van der Waals surface area contributed by atoms with E-state index in [2.05, 4.69) is 25.8 Å². The van der Waals surface area contributed by atoms with Crippen LogP contribution in [0.3, 0.4) is 0 Å². The first-order valence-electron chi connectivity index (χ1n) is 9.32. The maximum atomic E-state index is 12.5. The zero-order valence-electron chi connectivity index (χ0n) is 14.8. The van der Waals surface area contributed by atoms with E-state index in [1.54, 1.807) is 6.20 Å². The average molecular weight is 380 g/mol. The number of tetrazole rings is 1. The van der Waals surface area contributed by atoms with Crippen LogP contribution in [0, 0.1) is 11.8 Å². The largest absolute Gasteiger partial charge is 0.325 e. The Kier molecular flexibility index (Phi) is 4.27. The quantitative estimate of drug-likeness (QED) is 0.684. The predicted molar refractivity (Wildman–Crippen MR) is 103 cm³/mol. The standard InChI is InChI=1S/C19H20N6OS/c26-18(21-16-7-8-20-15-4-2-1-3-14(15)16)11-27-19-22-23-24-25(19)17-10-12-5-6-13(17)9-12/h1-4,7-8,12-13,17H,5-6,9-11H2,(H,20,21,26)/t12-,13-,17-/m1/s1. The Balaban J connectivity index is 1.26. The van der Waals surface area contributed by atoms with Crippen molar-refractivity contribution in [3.8, 4) is 0 Å². The lowest BCUT2D eigenvalue weighted by Gasteiger charge is -2.22. The molecule has 0 aliphatic heterocycles. The summed E-state index contributed by atoms with van der Waals surface area (Å²) in [7, 11) is 0. The van der Waals surface area contributed by atoms with Crippen LogP contribution in [0.5, 0.6) is 0 Å². The zero-order valence-corrected chi connectivity index (χ0v) is 15.6. The summed E-state index contributed by atoms with van der Waals surface area (Å²) >= 11 is 1.40. The van der Waals surface area contributed by atoms with E-state index in [9.17, 15) is 4.79 Å². The molecule has 7 nitrogen and oxygen atoms in total. The molecule has 8 heteroatoms. The highest BCUT2D eigenvalue weighted by Gasteiger charge is 2.42. The molecule has 1 aromatic carbocycles. The number of hydrogen-bond acceptors (Lipinski definition) is 6. The van der Waals surface area contributed by atoms with Crippen LogP contribution in [0.1, 0.15) is 31.7 Å². The summed E-state index contributed by atoms with van der Waals surface area (Å²) in [6, 6.07) is 9.99. The van der Waals surface area contributed by atoms with Crippen LogP contribution in [0.15, 0.2) is 41.7 Å². The second-order valence-corrected chi connectivity index (χ2v) is 8.30. The monoisotopic (exact) mass is 380 g/mol. The topological polar surface area (TPSA) is 85.6 Å². The molecule has 2 aliphatic rings. The van der Waals surface area contributed by atoms with Crippen molar-refractivity contribution in [1.29, 1.82) is 0 Å². The fourth-order valence-electron chi connectivity index (χ4n) is 4.52. The maximum absolute atomic E-state index is 12.5. The fourth-order valence-corrected chi connectivity index (χ4v) is 5.25. The van der Waals surface area contributed by atoms with Gasteiger partial charge in [0.15, 0.2) is 0 Å². The molecule has 138 valence electrons. The molecule has 1 N–H and O–H groups in total. The molecule has 2 fully saturated rings. The van der Waals surface area contributed by atoms with Crippen LogP contribution < -0.4 is 5.32 Å². The van der Waals surface area contributed by atoms with Crippen LogP contribution in [0.2, 0.25) is 0 Å². The third-order valence-corrected chi connectivity index (χ3v) is 6.67. The summed E-state index contributed by atoms with van der Waals surface area (Å²) < 4.78 is 1.95. The van der Waals surface area contributed by atoms with Gasteiger partial charge in [-0.05, 0) is 53.7 Å². The molecular formula is C19H20N6OS. The summed E-state index contributed by atoms with van der Waals surface area (Å²) in [6.45, 7) is 0. The van der Waals surface area contributed by atoms with Gasteiger partial charge in [0.2, 0.25) is 11.1 Å². The molecule has 0 spiro atoms. The van der Waals surface area contributed by atoms with Gasteiger partial charge < -0.3 is 5.32 Å². The molecule has 0 unspecified atom stereocenters. The molecular weight excluding hydrogens is 360 g/mol. The number of rotatable bonds is 5. The number of aromatic nitrogens is 5. The van der Waals surface area contributed by atoms with Gasteiger partial charge in [-0.25, -0.2) is 4.68 Å². The molecule has 0 radical (unpaired) electrons. The third kappa shape index (κ3) is 3.18. The van der Waals surface area contributed by atoms with Crippen LogP contribution in [-0.4, -0.2) is 36.9 Å². The van der Waals surface area contributed by atoms with Crippen molar-refractivity contribution in [2.45, 2.75) is 36.9 Å². The van der Waals surface area contributed by atoms with Crippen molar-refractivity contribution in [3.05, 3.63) is 36.5 Å². The van der Waals surface area contributed by atoms with Gasteiger partial charge in [-0.1, -0.05) is 36.4 Å². The molecule has 2 aromatic heterocycles. The van der Waals surface area contributed by atoms with E-state index < -0.39 is 0 Å². The summed E-state index contributed by atoms with van der Waals surface area (Å²) in [5.74, 6) is 1.72. The van der Waals surface area contributed by atoms with E-state index in [-0.39, 0.29) is 11.7 Å². The number of para-hydroxylation sites is 1. The minimum atomic E-state index is -0.0705. The van der Waals surface area contributed by atoms with Crippen molar-refractivity contribution < 1.29 is 4.79 Å². The van der Waals surface area contributed by atoms with Crippen molar-refractivity contribution in [2.75, 3.05) is 11.1 Å². The van der Waals surface area contributed by atoms with E-state index in [4.69, 9.17) is 0 Å². The number of fused-ring (bicyclic) bond motifs is 3. The molecule has 27 heavy (non-hydrogen) atoms. The van der Waals surface area contributed by atoms with Gasteiger partial charge in [-0.3, -0.25) is 9.78 Å². The Morgan fingerprint density at radius 2 is 2.15 bits per heavy atom. The highest BCUT2D eigenvalue weighted by atomic mass is 32.2. The molecule has 3 atom stereocenters. The van der Waals surface area contributed by atoms with Crippen LogP contribution in [0.25, 0.3) is 10.9 Å². The number of anilines is 1. The Hall–Kier alpha value is -2.48. The lowest BCUT2D eigenvalue weighted by molar-refractivity contribution is -0.113. The van der Waals surface area contributed by atoms with Gasteiger partial charge in [-0.2, -0.15) is 0 Å². The summed E-state index contributed by atoms with van der Waals surface area (Å²) in [5, 5.41) is 16.9. The molecule has 2 heterocycles. The summed E-state index contributed by atoms with van der Waals surface area (Å²) in [5.41, 5.74) is 1.64. The first-order valence-corrected chi connectivity index (χ1v) is 10.3. The van der Waals surface area contributed by atoms with Crippen molar-refractivity contribution >= 4 is 34.3 Å². The number of nitrogens with one attached hydrogen (secondary N) is 1. The van der Waals surface area contributed by atoms with Gasteiger partial charge in [0, 0.05) is 11.6 Å². The molecule has 5 rings (SSSR count). The fraction of sp³-hybridized carbons (Fsp3) is 0.421. The van der Waals surface area contributed by atoms with Gasteiger partial charge in [0.05, 0.1) is 23.0 Å². The number of carbonyl (C=O) groups excluding carboxylic acids is 1. The Labute approximate surface area is 160 Å². The second kappa shape index (κ2) is 6.92. The van der Waals surface area contributed by atoms with Crippen LogP contribution in [0.4, 0.5) is 5.69 Å². The minimum absolute atomic E-state index is 0.0705. The summed E-state index contributed by atoms with van der Waals surface area (Å²) in [6.07, 6.45) is 6.78. The first-order chi connectivity index (χ1) is 13.3. The van der Waals surface area contributed by atoms with E-state index in [1.807, 2.05) is 35.0 Å². The molecule has 0 saturated heterocycles. The van der Waals surface area contributed by atoms with E-state index in [0.29, 0.717) is 12.0 Å². The van der Waals surface area contributed by atoms with Gasteiger partial charge in [-0.15, -0.1) is 5.10 Å². The predicted octanol–water partition coefficient (Wildman–Crippen LogP) is 3.31. The van der Waals surface area contributed by atoms with Crippen LogP contribution in [-0.2, 0) is 4.79 Å². The average Bonchev–Trinajstić information content (AvgIpc) is 3.43.